The van der Waals surface area contributed by atoms with Gasteiger partial charge in [-0.2, -0.15) is 0 Å². The molecule has 0 spiro atoms. The van der Waals surface area contributed by atoms with Crippen LogP contribution in [0.3, 0.4) is 0 Å². The summed E-state index contributed by atoms with van der Waals surface area (Å²) in [5.74, 6) is 0.470. The van der Waals surface area contributed by atoms with Crippen LogP contribution >= 0.6 is 0 Å². The lowest BCUT2D eigenvalue weighted by atomic mass is 10.2. The van der Waals surface area contributed by atoms with Gasteiger partial charge in [0.1, 0.15) is 5.69 Å². The molecular weight excluding hydrogens is 226 g/mol. The van der Waals surface area contributed by atoms with Gasteiger partial charge in [0.15, 0.2) is 0 Å². The highest BCUT2D eigenvalue weighted by molar-refractivity contribution is 5.92. The topological polar surface area (TPSA) is 54.0 Å². The lowest BCUT2D eigenvalue weighted by molar-refractivity contribution is 0.0934. The van der Waals surface area contributed by atoms with Crippen LogP contribution in [0, 0.1) is 5.92 Å². The number of nitrogens with zero attached hydrogens (tertiary/aromatic N) is 1. The summed E-state index contributed by atoms with van der Waals surface area (Å²) in [5.41, 5.74) is 1.41. The Morgan fingerprint density at radius 2 is 2.06 bits per heavy atom. The van der Waals surface area contributed by atoms with Gasteiger partial charge in [0, 0.05) is 12.6 Å². The number of anilines is 1. The van der Waals surface area contributed by atoms with Crippen molar-refractivity contribution in [3.05, 3.63) is 24.0 Å². The second kappa shape index (κ2) is 6.99. The van der Waals surface area contributed by atoms with E-state index < -0.39 is 0 Å². The van der Waals surface area contributed by atoms with Crippen molar-refractivity contribution in [2.24, 2.45) is 5.92 Å². The SMILES string of the molecule is CCC(C)NC(=O)c1ccc(NCC(C)C)cn1. The molecule has 0 radical (unpaired) electrons. The highest BCUT2D eigenvalue weighted by atomic mass is 16.1. The van der Waals surface area contributed by atoms with Crippen molar-refractivity contribution in [1.82, 2.24) is 10.3 Å². The van der Waals surface area contributed by atoms with Crippen LogP contribution in [0.5, 0.6) is 0 Å². The first-order valence-electron chi connectivity index (χ1n) is 6.53. The quantitative estimate of drug-likeness (QED) is 0.815. The van der Waals surface area contributed by atoms with E-state index in [1.165, 1.54) is 0 Å². The zero-order valence-corrected chi connectivity index (χ0v) is 11.7. The van der Waals surface area contributed by atoms with Gasteiger partial charge < -0.3 is 10.6 Å². The molecule has 1 amide bonds. The van der Waals surface area contributed by atoms with E-state index in [0.717, 1.165) is 18.7 Å². The van der Waals surface area contributed by atoms with E-state index in [1.807, 2.05) is 19.9 Å². The monoisotopic (exact) mass is 249 g/mol. The van der Waals surface area contributed by atoms with Gasteiger partial charge in [-0.25, -0.2) is 4.98 Å². The van der Waals surface area contributed by atoms with Crippen molar-refractivity contribution in [2.45, 2.75) is 40.2 Å². The molecule has 18 heavy (non-hydrogen) atoms. The van der Waals surface area contributed by atoms with Crippen LogP contribution in [0.15, 0.2) is 18.3 Å². The third-order valence-electron chi connectivity index (χ3n) is 2.70. The fraction of sp³-hybridized carbons (Fsp3) is 0.571. The molecule has 0 aromatic carbocycles. The van der Waals surface area contributed by atoms with Gasteiger partial charge in [-0.3, -0.25) is 4.79 Å². The molecule has 0 fully saturated rings. The van der Waals surface area contributed by atoms with Crippen LogP contribution in [0.25, 0.3) is 0 Å². The highest BCUT2D eigenvalue weighted by Gasteiger charge is 2.09. The molecule has 100 valence electrons. The minimum absolute atomic E-state index is 0.111. The zero-order valence-electron chi connectivity index (χ0n) is 11.7. The van der Waals surface area contributed by atoms with Crippen LogP contribution in [-0.2, 0) is 0 Å². The van der Waals surface area contributed by atoms with Crippen molar-refractivity contribution < 1.29 is 4.79 Å². The number of carbonyl (C=O) groups is 1. The largest absolute Gasteiger partial charge is 0.384 e. The predicted octanol–water partition coefficient (Wildman–Crippen LogP) is 2.68. The van der Waals surface area contributed by atoms with Crippen LogP contribution in [0.1, 0.15) is 44.6 Å². The number of nitrogens with one attached hydrogen (secondary N) is 2. The van der Waals surface area contributed by atoms with E-state index in [-0.39, 0.29) is 11.9 Å². The van der Waals surface area contributed by atoms with Crippen molar-refractivity contribution >= 4 is 11.6 Å². The third-order valence-corrected chi connectivity index (χ3v) is 2.70. The van der Waals surface area contributed by atoms with E-state index >= 15 is 0 Å². The first-order valence-corrected chi connectivity index (χ1v) is 6.53. The second-order valence-electron chi connectivity index (χ2n) is 4.99. The Morgan fingerprint density at radius 1 is 1.33 bits per heavy atom. The average molecular weight is 249 g/mol. The van der Waals surface area contributed by atoms with Gasteiger partial charge in [0.05, 0.1) is 11.9 Å². The van der Waals surface area contributed by atoms with Gasteiger partial charge in [-0.05, 0) is 31.4 Å². The van der Waals surface area contributed by atoms with Crippen molar-refractivity contribution in [3.8, 4) is 0 Å². The highest BCUT2D eigenvalue weighted by Crippen LogP contribution is 2.07. The molecule has 1 heterocycles. The molecule has 1 unspecified atom stereocenters. The first kappa shape index (κ1) is 14.5. The van der Waals surface area contributed by atoms with Gasteiger partial charge in [-0.15, -0.1) is 0 Å². The molecular formula is C14H23N3O. The first-order chi connectivity index (χ1) is 8.52. The maximum absolute atomic E-state index is 11.8. The number of hydrogen-bond acceptors (Lipinski definition) is 3. The maximum Gasteiger partial charge on any atom is 0.270 e. The van der Waals surface area contributed by atoms with Crippen LogP contribution in [0.2, 0.25) is 0 Å². The molecule has 4 nitrogen and oxygen atoms in total. The van der Waals surface area contributed by atoms with Crippen molar-refractivity contribution in [3.63, 3.8) is 0 Å². The summed E-state index contributed by atoms with van der Waals surface area (Å²) in [6, 6.07) is 3.82. The van der Waals surface area contributed by atoms with Gasteiger partial charge in [0.2, 0.25) is 0 Å². The number of carbonyl (C=O) groups excluding carboxylic acids is 1. The Balaban J connectivity index is 2.56. The summed E-state index contributed by atoms with van der Waals surface area (Å²) in [6.45, 7) is 9.22. The van der Waals surface area contributed by atoms with E-state index in [4.69, 9.17) is 0 Å². The van der Waals surface area contributed by atoms with E-state index in [0.29, 0.717) is 11.6 Å². The Kier molecular flexibility index (Phi) is 5.62. The lowest BCUT2D eigenvalue weighted by Crippen LogP contribution is -2.32. The zero-order chi connectivity index (χ0) is 13.5. The summed E-state index contributed by atoms with van der Waals surface area (Å²) in [7, 11) is 0. The van der Waals surface area contributed by atoms with Crippen molar-refractivity contribution in [1.29, 1.82) is 0 Å². The van der Waals surface area contributed by atoms with Crippen LogP contribution < -0.4 is 10.6 Å². The molecule has 2 N–H and O–H groups in total. The predicted molar refractivity (Wildman–Crippen MR) is 74.8 cm³/mol. The summed E-state index contributed by atoms with van der Waals surface area (Å²) in [4.78, 5) is 16.0. The number of pyridine rings is 1. The molecule has 0 saturated carbocycles. The summed E-state index contributed by atoms with van der Waals surface area (Å²) < 4.78 is 0. The van der Waals surface area contributed by atoms with Gasteiger partial charge in [-0.1, -0.05) is 20.8 Å². The Hall–Kier alpha value is -1.58. The smallest absolute Gasteiger partial charge is 0.270 e. The molecule has 1 aromatic heterocycles. The number of aromatic nitrogens is 1. The Morgan fingerprint density at radius 3 is 2.56 bits per heavy atom. The number of hydrogen-bond donors (Lipinski definition) is 2. The average Bonchev–Trinajstić information content (AvgIpc) is 2.36. The minimum Gasteiger partial charge on any atom is -0.384 e. The molecule has 0 aliphatic carbocycles. The summed E-state index contributed by atoms with van der Waals surface area (Å²) in [5, 5.41) is 6.16. The number of amides is 1. The minimum atomic E-state index is -0.111. The van der Waals surface area contributed by atoms with Crippen molar-refractivity contribution in [2.75, 3.05) is 11.9 Å². The van der Waals surface area contributed by atoms with E-state index in [9.17, 15) is 4.79 Å². The number of rotatable bonds is 6. The van der Waals surface area contributed by atoms with E-state index in [1.54, 1.807) is 12.3 Å². The summed E-state index contributed by atoms with van der Waals surface area (Å²) in [6.07, 6.45) is 2.62. The van der Waals surface area contributed by atoms with Gasteiger partial charge >= 0.3 is 0 Å². The maximum atomic E-state index is 11.8. The molecule has 1 aromatic rings. The lowest BCUT2D eigenvalue weighted by Gasteiger charge is -2.12. The second-order valence-corrected chi connectivity index (χ2v) is 4.99. The van der Waals surface area contributed by atoms with Crippen LogP contribution in [0.4, 0.5) is 5.69 Å². The molecule has 4 heteroatoms. The molecule has 0 aliphatic heterocycles. The van der Waals surface area contributed by atoms with E-state index in [2.05, 4.69) is 29.5 Å². The van der Waals surface area contributed by atoms with Gasteiger partial charge in [0.25, 0.3) is 5.91 Å². The molecule has 0 saturated heterocycles. The third kappa shape index (κ3) is 4.73. The molecule has 1 rings (SSSR count). The fourth-order valence-electron chi connectivity index (χ4n) is 1.35. The standard InChI is InChI=1S/C14H23N3O/c1-5-11(4)17-14(18)13-7-6-12(9-16-13)15-8-10(2)3/h6-7,9-11,15H,5,8H2,1-4H3,(H,17,18). The Labute approximate surface area is 109 Å². The fourth-order valence-corrected chi connectivity index (χ4v) is 1.35. The van der Waals surface area contributed by atoms with Crippen LogP contribution in [-0.4, -0.2) is 23.5 Å². The molecule has 0 aliphatic rings. The molecule has 1 atom stereocenters. The molecule has 0 bridgehead atoms. The Bertz CT molecular complexity index is 373. The normalized spacial score (nSPS) is 12.3. The summed E-state index contributed by atoms with van der Waals surface area (Å²) >= 11 is 0.